The average molecular weight is 791 g/mol. The normalized spacial score (nSPS) is 21.5. The number of carbonyl (C=O) groups is 6. The van der Waals surface area contributed by atoms with Crippen LogP contribution in [0.3, 0.4) is 0 Å². The summed E-state index contributed by atoms with van der Waals surface area (Å²) >= 11 is 0. The Balaban J connectivity index is 1.52. The highest BCUT2D eigenvalue weighted by Gasteiger charge is 2.45. The van der Waals surface area contributed by atoms with Crippen molar-refractivity contribution in [2.75, 3.05) is 11.4 Å². The minimum absolute atomic E-state index is 0.0784. The zero-order chi connectivity index (χ0) is 40.5. The van der Waals surface area contributed by atoms with E-state index in [0.717, 1.165) is 22.8 Å². The average Bonchev–Trinajstić information content (AvgIpc) is 3.15. The molecule has 0 saturated heterocycles. The van der Waals surface area contributed by atoms with E-state index in [1.807, 2.05) is 42.5 Å². The minimum atomic E-state index is -4.40. The summed E-state index contributed by atoms with van der Waals surface area (Å²) in [6.45, 7) is 0.0433. The second-order valence-electron chi connectivity index (χ2n) is 14.2. The van der Waals surface area contributed by atoms with E-state index >= 15 is 0 Å². The molecule has 1 fully saturated rings. The fourth-order valence-electron chi connectivity index (χ4n) is 7.22. The maximum Gasteiger partial charge on any atom is 0.329 e. The molecule has 3 aromatic rings. The van der Waals surface area contributed by atoms with Crippen molar-refractivity contribution in [2.24, 2.45) is 5.73 Å². The van der Waals surface area contributed by atoms with Gasteiger partial charge in [-0.25, -0.2) is 0 Å². The molecular weight excluding hydrogens is 743 g/mol. The number of nitrogens with two attached hydrogens (primary N) is 1. The number of hydrogen-bond acceptors (Lipinski definition) is 8. The second kappa shape index (κ2) is 18.4. The van der Waals surface area contributed by atoms with Crippen molar-refractivity contribution in [1.29, 1.82) is 0 Å². The van der Waals surface area contributed by atoms with Crippen LogP contribution in [0.5, 0.6) is 0 Å². The predicted molar refractivity (Wildman–Crippen MR) is 207 cm³/mol. The van der Waals surface area contributed by atoms with Crippen LogP contribution >= 0.6 is 7.60 Å². The van der Waals surface area contributed by atoms with E-state index in [-0.39, 0.29) is 32.4 Å². The third-order valence-corrected chi connectivity index (χ3v) is 10.8. The Labute approximate surface area is 323 Å². The molecule has 0 radical (unpaired) electrons. The Morgan fingerprint density at radius 3 is 2.25 bits per heavy atom. The van der Waals surface area contributed by atoms with Gasteiger partial charge in [-0.1, -0.05) is 86.0 Å². The number of carboxylic acid groups (broad SMARTS) is 1. The molecule has 298 valence electrons. The fraction of sp³-hybridized carbons (Fsp3) is 0.385. The summed E-state index contributed by atoms with van der Waals surface area (Å²) in [5.41, 5.74) is 5.41. The minimum Gasteiger partial charge on any atom is -0.481 e. The van der Waals surface area contributed by atoms with Crippen LogP contribution in [0.2, 0.25) is 0 Å². The maximum absolute atomic E-state index is 14.3. The number of fused-ring (bicyclic) bond motifs is 1. The Morgan fingerprint density at radius 2 is 1.57 bits per heavy atom. The first-order valence-electron chi connectivity index (χ1n) is 18.4. The lowest BCUT2D eigenvalue weighted by molar-refractivity contribution is -0.141. The van der Waals surface area contributed by atoms with E-state index in [1.54, 1.807) is 12.2 Å². The van der Waals surface area contributed by atoms with Gasteiger partial charge in [-0.3, -0.25) is 33.3 Å². The first kappa shape index (κ1) is 41.6. The molecule has 0 unspecified atom stereocenters. The van der Waals surface area contributed by atoms with Gasteiger partial charge in [0.25, 0.3) is 0 Å². The van der Waals surface area contributed by atoms with E-state index < -0.39 is 85.8 Å². The lowest BCUT2D eigenvalue weighted by Gasteiger charge is -2.40. The summed E-state index contributed by atoms with van der Waals surface area (Å²) in [7, 11) is -4.40. The number of nitrogens with zero attached hydrogens (tertiary/aromatic N) is 1. The van der Waals surface area contributed by atoms with Gasteiger partial charge in [0.15, 0.2) is 0 Å². The summed E-state index contributed by atoms with van der Waals surface area (Å²) in [4.78, 5) is 101. The molecule has 1 aliphatic heterocycles. The molecule has 3 aromatic carbocycles. The topological polar surface area (TPSA) is 258 Å². The highest BCUT2D eigenvalue weighted by Crippen LogP contribution is 2.39. The smallest absolute Gasteiger partial charge is 0.329 e. The highest BCUT2D eigenvalue weighted by molar-refractivity contribution is 7.50. The number of hydrogen-bond donors (Lipinski definition) is 8. The zero-order valence-electron chi connectivity index (χ0n) is 30.7. The number of primary amides is 1. The molecule has 9 N–H and O–H groups in total. The monoisotopic (exact) mass is 790 g/mol. The van der Waals surface area contributed by atoms with Gasteiger partial charge in [0.05, 0.1) is 19.0 Å². The Bertz CT molecular complexity index is 2020. The van der Waals surface area contributed by atoms with Crippen molar-refractivity contribution in [3.8, 4) is 0 Å². The van der Waals surface area contributed by atoms with Crippen molar-refractivity contribution in [3.63, 3.8) is 0 Å². The standard InChI is InChI=1S/C39H47N6O10P/c40-33(46)21-31-36(50)42-30(35(49)41-23-27-11-8-10-26-9-2-3-12-29(26)27)13-4-7-20-45(28-16-14-25(15-17-28)24-56(53,54)55)32(22-34(47)48)37(51)44-39(38(52)43-31)18-5-1-6-19-39/h2-4,7-12,14-17,30-32H,1,5-6,13,18-24H2,(H2,40,46)(H,41,49)(H,42,50)(H,43,52)(H,44,51)(H,47,48)(H2,53,54,55)/b7-4+/t30-,31-,32+/m0/s1. The Morgan fingerprint density at radius 1 is 0.875 bits per heavy atom. The molecule has 56 heavy (non-hydrogen) atoms. The van der Waals surface area contributed by atoms with Crippen LogP contribution in [-0.4, -0.2) is 80.6 Å². The number of rotatable bonds is 10. The zero-order valence-corrected chi connectivity index (χ0v) is 31.6. The van der Waals surface area contributed by atoms with E-state index in [4.69, 9.17) is 5.73 Å². The van der Waals surface area contributed by atoms with Crippen molar-refractivity contribution in [3.05, 3.63) is 90.0 Å². The Kier molecular flexibility index (Phi) is 13.6. The quantitative estimate of drug-likeness (QED) is 0.109. The molecule has 0 aromatic heterocycles. The molecular formula is C39H47N6O10P. The van der Waals surface area contributed by atoms with E-state index in [0.29, 0.717) is 24.1 Å². The van der Waals surface area contributed by atoms with E-state index in [1.165, 1.54) is 29.2 Å². The third-order valence-electron chi connectivity index (χ3n) is 10.0. The number of aliphatic carboxylic acids is 1. The molecule has 16 nitrogen and oxygen atoms in total. The molecule has 1 spiro atoms. The molecule has 1 aliphatic carbocycles. The van der Waals surface area contributed by atoms with Gasteiger partial charge >= 0.3 is 13.6 Å². The summed E-state index contributed by atoms with van der Waals surface area (Å²) in [6.07, 6.45) is 3.39. The molecule has 0 bridgehead atoms. The van der Waals surface area contributed by atoms with Crippen LogP contribution in [-0.2, 0) is 46.0 Å². The largest absolute Gasteiger partial charge is 0.481 e. The van der Waals surface area contributed by atoms with E-state index in [2.05, 4.69) is 21.3 Å². The second-order valence-corrected chi connectivity index (χ2v) is 15.9. The van der Waals surface area contributed by atoms with Crippen LogP contribution in [0.15, 0.2) is 78.9 Å². The fourth-order valence-corrected chi connectivity index (χ4v) is 7.91. The molecule has 2 aliphatic rings. The molecule has 5 amide bonds. The number of carbonyl (C=O) groups excluding carboxylic acids is 5. The first-order chi connectivity index (χ1) is 26.6. The van der Waals surface area contributed by atoms with Gasteiger partial charge in [0.2, 0.25) is 29.5 Å². The maximum atomic E-state index is 14.3. The molecule has 1 heterocycles. The van der Waals surface area contributed by atoms with Gasteiger partial charge in [-0.15, -0.1) is 0 Å². The number of amides is 5. The van der Waals surface area contributed by atoms with Crippen LogP contribution < -0.4 is 31.9 Å². The van der Waals surface area contributed by atoms with Crippen LogP contribution in [0, 0.1) is 0 Å². The van der Waals surface area contributed by atoms with Crippen molar-refractivity contribution in [2.45, 2.75) is 87.7 Å². The van der Waals surface area contributed by atoms with Gasteiger partial charge < -0.3 is 46.8 Å². The van der Waals surface area contributed by atoms with E-state index in [9.17, 15) is 48.2 Å². The third kappa shape index (κ3) is 11.0. The lowest BCUT2D eigenvalue weighted by atomic mass is 9.80. The lowest BCUT2D eigenvalue weighted by Crippen LogP contribution is -2.65. The number of carboxylic acids is 1. The number of nitrogens with one attached hydrogen (secondary N) is 4. The number of benzene rings is 3. The highest BCUT2D eigenvalue weighted by atomic mass is 31.2. The van der Waals surface area contributed by atoms with Gasteiger partial charge in [0, 0.05) is 18.8 Å². The Hall–Kier alpha value is -5.57. The summed E-state index contributed by atoms with van der Waals surface area (Å²) < 4.78 is 11.6. The summed E-state index contributed by atoms with van der Waals surface area (Å²) in [5.74, 6) is -5.16. The van der Waals surface area contributed by atoms with Gasteiger partial charge in [-0.2, -0.15) is 0 Å². The molecule has 1 saturated carbocycles. The van der Waals surface area contributed by atoms with Crippen molar-refractivity contribution < 1.29 is 48.2 Å². The van der Waals surface area contributed by atoms with Crippen molar-refractivity contribution in [1.82, 2.24) is 21.3 Å². The van der Waals surface area contributed by atoms with Crippen molar-refractivity contribution >= 4 is 59.6 Å². The van der Waals surface area contributed by atoms with Crippen LogP contribution in [0.25, 0.3) is 10.8 Å². The molecule has 5 rings (SSSR count). The van der Waals surface area contributed by atoms with Gasteiger partial charge in [0.1, 0.15) is 23.7 Å². The van der Waals surface area contributed by atoms with Gasteiger partial charge in [-0.05, 0) is 53.3 Å². The summed E-state index contributed by atoms with van der Waals surface area (Å²) in [5, 5.41) is 22.9. The SMILES string of the molecule is NC(=O)C[C@@H]1NC(=O)C2(CCCCC2)NC(=O)[C@@H](CC(=O)O)N(c2ccc(CP(=O)(O)O)cc2)C/C=C/C[C@@H](C(=O)NCc2cccc3ccccc23)NC1=O. The predicted octanol–water partition coefficient (Wildman–Crippen LogP) is 2.11. The van der Waals surface area contributed by atoms with Crippen LogP contribution in [0.1, 0.15) is 62.5 Å². The molecule has 17 heteroatoms. The summed E-state index contributed by atoms with van der Waals surface area (Å²) in [6, 6.07) is 15.2. The molecule has 3 atom stereocenters. The van der Waals surface area contributed by atoms with Crippen LogP contribution in [0.4, 0.5) is 5.69 Å². The number of anilines is 1. The first-order valence-corrected chi connectivity index (χ1v) is 20.2.